The van der Waals surface area contributed by atoms with Crippen molar-refractivity contribution < 1.29 is 27.6 Å². The molecule has 0 spiro atoms. The number of esters is 1. The maximum Gasteiger partial charge on any atom is 0.385 e. The number of carbonyl (C=O) groups is 1. The molecule has 0 fully saturated rings. The van der Waals surface area contributed by atoms with Crippen molar-refractivity contribution in [2.45, 2.75) is 6.43 Å². The predicted molar refractivity (Wildman–Crippen MR) is 47.1 cm³/mol. The lowest BCUT2D eigenvalue weighted by Crippen LogP contribution is -2.12. The maximum atomic E-state index is 13.3. The summed E-state index contributed by atoms with van der Waals surface area (Å²) in [7, 11) is 0.865. The van der Waals surface area contributed by atoms with Gasteiger partial charge in [-0.15, -0.1) is 0 Å². The van der Waals surface area contributed by atoms with Crippen molar-refractivity contribution in [1.29, 1.82) is 0 Å². The van der Waals surface area contributed by atoms with E-state index in [0.29, 0.717) is 0 Å². The molecule has 1 aromatic heterocycles. The highest BCUT2D eigenvalue weighted by Gasteiger charge is 2.30. The molecule has 0 amide bonds. The van der Waals surface area contributed by atoms with Crippen LogP contribution in [0.15, 0.2) is 6.07 Å². The van der Waals surface area contributed by atoms with Crippen LogP contribution in [0.3, 0.4) is 0 Å². The zero-order valence-electron chi connectivity index (χ0n) is 8.32. The number of aromatic nitrogens is 1. The molecular weight excluding hydrogens is 245 g/mol. The van der Waals surface area contributed by atoms with Crippen LogP contribution in [0.2, 0.25) is 0 Å². The topological polar surface area (TPSA) is 82.3 Å². The molecule has 0 atom stereocenters. The van der Waals surface area contributed by atoms with E-state index in [1.54, 1.807) is 0 Å². The first-order chi connectivity index (χ1) is 7.88. The first-order valence-corrected chi connectivity index (χ1v) is 4.09. The number of carbonyl (C=O) groups excluding carboxylic acids is 1. The summed E-state index contributed by atoms with van der Waals surface area (Å²) in [6, 6.07) is 0.270. The highest BCUT2D eigenvalue weighted by molar-refractivity contribution is 5.88. The molecule has 1 aromatic rings. The number of hydrogen-bond donors (Lipinski definition) is 0. The Morgan fingerprint density at radius 2 is 2.18 bits per heavy atom. The third-order valence-electron chi connectivity index (χ3n) is 1.77. The van der Waals surface area contributed by atoms with Crippen LogP contribution in [0.4, 0.5) is 19.0 Å². The lowest BCUT2D eigenvalue weighted by Gasteiger charge is -2.03. The lowest BCUT2D eigenvalue weighted by atomic mass is 10.2. The molecule has 1 heterocycles. The van der Waals surface area contributed by atoms with Gasteiger partial charge in [0.2, 0.25) is 0 Å². The second kappa shape index (κ2) is 4.76. The van der Waals surface area contributed by atoms with E-state index in [9.17, 15) is 28.1 Å². The van der Waals surface area contributed by atoms with E-state index in [1.807, 2.05) is 0 Å². The van der Waals surface area contributed by atoms with Gasteiger partial charge in [0.15, 0.2) is 5.82 Å². The number of hydrogen-bond acceptors (Lipinski definition) is 5. The fraction of sp³-hybridized carbons (Fsp3) is 0.250. The Hall–Kier alpha value is -2.19. The van der Waals surface area contributed by atoms with Crippen LogP contribution < -0.4 is 0 Å². The van der Waals surface area contributed by atoms with Gasteiger partial charge in [-0.1, -0.05) is 0 Å². The van der Waals surface area contributed by atoms with E-state index in [2.05, 4.69) is 9.72 Å². The highest BCUT2D eigenvalue weighted by atomic mass is 19.3. The first-order valence-electron chi connectivity index (χ1n) is 4.09. The molecule has 92 valence electrons. The minimum absolute atomic E-state index is 0.270. The molecule has 0 saturated carbocycles. The van der Waals surface area contributed by atoms with Crippen molar-refractivity contribution in [3.05, 3.63) is 33.3 Å². The summed E-state index contributed by atoms with van der Waals surface area (Å²) in [4.78, 5) is 23.3. The summed E-state index contributed by atoms with van der Waals surface area (Å²) in [5.41, 5.74) is -2.41. The maximum absolute atomic E-state index is 13.3. The molecule has 17 heavy (non-hydrogen) atoms. The van der Waals surface area contributed by atoms with Gasteiger partial charge in [-0.3, -0.25) is 0 Å². The predicted octanol–water partition coefficient (Wildman–Crippen LogP) is 1.85. The van der Waals surface area contributed by atoms with Gasteiger partial charge in [-0.2, -0.15) is 0 Å². The molecule has 0 saturated heterocycles. The Balaban J connectivity index is 3.48. The average molecular weight is 250 g/mol. The zero-order valence-corrected chi connectivity index (χ0v) is 8.32. The Labute approximate surface area is 92.2 Å². The minimum atomic E-state index is -3.31. The van der Waals surface area contributed by atoms with E-state index < -0.39 is 40.2 Å². The summed E-state index contributed by atoms with van der Waals surface area (Å²) in [6.45, 7) is 0. The SMILES string of the molecule is COC(=O)c1nc([N+](=O)[O-])cc(C(F)F)c1F. The third kappa shape index (κ3) is 2.49. The fourth-order valence-corrected chi connectivity index (χ4v) is 1.02. The second-order valence-corrected chi connectivity index (χ2v) is 2.78. The molecule has 0 aliphatic heterocycles. The van der Waals surface area contributed by atoms with Crippen molar-refractivity contribution in [2.75, 3.05) is 7.11 Å². The number of rotatable bonds is 3. The van der Waals surface area contributed by atoms with Crippen LogP contribution in [-0.2, 0) is 4.74 Å². The van der Waals surface area contributed by atoms with Crippen LogP contribution in [0.1, 0.15) is 22.5 Å². The van der Waals surface area contributed by atoms with Gasteiger partial charge in [-0.25, -0.2) is 18.0 Å². The Morgan fingerprint density at radius 1 is 1.59 bits per heavy atom. The molecule has 0 radical (unpaired) electrons. The van der Waals surface area contributed by atoms with Crippen molar-refractivity contribution in [3.63, 3.8) is 0 Å². The molecular formula is C8H5F3N2O4. The fourth-order valence-electron chi connectivity index (χ4n) is 1.02. The van der Waals surface area contributed by atoms with E-state index in [-0.39, 0.29) is 6.07 Å². The van der Waals surface area contributed by atoms with Crippen molar-refractivity contribution in [1.82, 2.24) is 4.98 Å². The van der Waals surface area contributed by atoms with Crippen LogP contribution in [-0.4, -0.2) is 23.0 Å². The van der Waals surface area contributed by atoms with Gasteiger partial charge in [0.05, 0.1) is 12.7 Å². The molecule has 0 aliphatic rings. The number of nitrogens with zero attached hydrogens (tertiary/aromatic N) is 2. The molecule has 0 N–H and O–H groups in total. The number of nitro groups is 1. The Kier molecular flexibility index (Phi) is 3.61. The summed E-state index contributed by atoms with van der Waals surface area (Å²) in [5.74, 6) is -4.05. The number of halogens is 3. The molecule has 0 aromatic carbocycles. The van der Waals surface area contributed by atoms with Crippen LogP contribution >= 0.6 is 0 Å². The van der Waals surface area contributed by atoms with Crippen molar-refractivity contribution in [2.24, 2.45) is 0 Å². The van der Waals surface area contributed by atoms with E-state index in [1.165, 1.54) is 0 Å². The minimum Gasteiger partial charge on any atom is -0.463 e. The Bertz CT molecular complexity index is 478. The largest absolute Gasteiger partial charge is 0.463 e. The lowest BCUT2D eigenvalue weighted by molar-refractivity contribution is -0.389. The molecule has 6 nitrogen and oxygen atoms in total. The van der Waals surface area contributed by atoms with Gasteiger partial charge in [0, 0.05) is 6.07 Å². The molecule has 1 rings (SSSR count). The average Bonchev–Trinajstić information content (AvgIpc) is 2.27. The molecule has 0 unspecified atom stereocenters. The Morgan fingerprint density at radius 3 is 2.59 bits per heavy atom. The van der Waals surface area contributed by atoms with Crippen LogP contribution in [0.25, 0.3) is 0 Å². The second-order valence-electron chi connectivity index (χ2n) is 2.78. The molecule has 9 heteroatoms. The van der Waals surface area contributed by atoms with Gasteiger partial charge in [0.1, 0.15) is 0 Å². The van der Waals surface area contributed by atoms with E-state index >= 15 is 0 Å². The molecule has 0 bridgehead atoms. The summed E-state index contributed by atoms with van der Waals surface area (Å²) >= 11 is 0. The highest BCUT2D eigenvalue weighted by Crippen LogP contribution is 2.27. The zero-order chi connectivity index (χ0) is 13.2. The van der Waals surface area contributed by atoms with Crippen molar-refractivity contribution in [3.8, 4) is 0 Å². The quantitative estimate of drug-likeness (QED) is 0.464. The van der Waals surface area contributed by atoms with Gasteiger partial charge in [-0.05, 0) is 9.91 Å². The third-order valence-corrected chi connectivity index (χ3v) is 1.77. The van der Waals surface area contributed by atoms with Gasteiger partial charge in [0.25, 0.3) is 12.1 Å². The van der Waals surface area contributed by atoms with Crippen molar-refractivity contribution >= 4 is 11.8 Å². The summed E-state index contributed by atoms with van der Waals surface area (Å²) < 4.78 is 42.2. The summed E-state index contributed by atoms with van der Waals surface area (Å²) in [6.07, 6.45) is -3.31. The van der Waals surface area contributed by atoms with Gasteiger partial charge >= 0.3 is 11.8 Å². The normalized spacial score (nSPS) is 10.4. The number of methoxy groups -OCH3 is 1. The van der Waals surface area contributed by atoms with E-state index in [4.69, 9.17) is 0 Å². The van der Waals surface area contributed by atoms with E-state index in [0.717, 1.165) is 7.11 Å². The van der Waals surface area contributed by atoms with Crippen LogP contribution in [0, 0.1) is 15.9 Å². The molecule has 0 aliphatic carbocycles. The number of ether oxygens (including phenoxy) is 1. The monoisotopic (exact) mass is 250 g/mol. The number of alkyl halides is 2. The standard InChI is InChI=1S/C8H5F3N2O4/c1-17-8(14)6-5(9)3(7(10)11)2-4(12-6)13(15)16/h2,7H,1H3. The number of pyridine rings is 1. The van der Waals surface area contributed by atoms with Gasteiger partial charge < -0.3 is 14.9 Å². The summed E-state index contributed by atoms with van der Waals surface area (Å²) in [5, 5.41) is 10.4. The van der Waals surface area contributed by atoms with Crippen LogP contribution in [0.5, 0.6) is 0 Å². The smallest absolute Gasteiger partial charge is 0.385 e. The first kappa shape index (κ1) is 12.9.